The molecule has 1 aromatic heterocycles. The minimum absolute atomic E-state index is 0.0180. The SMILES string of the molecule is CCOc1ccc(CN(C)Cc2nc(CC(=O)Nc3ccccc3OC)no2)cc1. The number of para-hydroxylation sites is 2. The number of anilines is 1. The number of hydrogen-bond donors (Lipinski definition) is 1. The van der Waals surface area contributed by atoms with Crippen LogP contribution in [0.2, 0.25) is 0 Å². The summed E-state index contributed by atoms with van der Waals surface area (Å²) in [7, 11) is 3.52. The molecule has 1 N–H and O–H groups in total. The highest BCUT2D eigenvalue weighted by Gasteiger charge is 2.14. The summed E-state index contributed by atoms with van der Waals surface area (Å²) in [6, 6.07) is 15.2. The average molecular weight is 410 g/mol. The van der Waals surface area contributed by atoms with E-state index in [1.165, 1.54) is 0 Å². The molecule has 1 heterocycles. The van der Waals surface area contributed by atoms with E-state index < -0.39 is 0 Å². The van der Waals surface area contributed by atoms with Gasteiger partial charge in [-0.2, -0.15) is 4.98 Å². The first kappa shape index (κ1) is 21.3. The van der Waals surface area contributed by atoms with Crippen LogP contribution in [0, 0.1) is 0 Å². The van der Waals surface area contributed by atoms with E-state index in [9.17, 15) is 4.79 Å². The molecule has 3 aromatic rings. The molecule has 0 spiro atoms. The minimum atomic E-state index is -0.241. The fourth-order valence-electron chi connectivity index (χ4n) is 2.97. The van der Waals surface area contributed by atoms with E-state index in [0.29, 0.717) is 36.3 Å². The molecule has 30 heavy (non-hydrogen) atoms. The molecule has 2 aromatic carbocycles. The lowest BCUT2D eigenvalue weighted by atomic mass is 10.2. The number of rotatable bonds is 10. The van der Waals surface area contributed by atoms with Crippen LogP contribution in [-0.4, -0.2) is 41.7 Å². The number of ether oxygens (including phenoxy) is 2. The normalized spacial score (nSPS) is 10.8. The molecule has 0 radical (unpaired) electrons. The zero-order valence-electron chi connectivity index (χ0n) is 17.4. The molecule has 0 aliphatic rings. The quantitative estimate of drug-likeness (QED) is 0.548. The third-order valence-electron chi connectivity index (χ3n) is 4.30. The molecule has 0 bridgehead atoms. The monoisotopic (exact) mass is 410 g/mol. The van der Waals surface area contributed by atoms with Crippen molar-refractivity contribution in [2.75, 3.05) is 26.1 Å². The van der Waals surface area contributed by atoms with Gasteiger partial charge in [0, 0.05) is 6.54 Å². The van der Waals surface area contributed by atoms with Crippen LogP contribution >= 0.6 is 0 Å². The molecule has 158 valence electrons. The molecule has 8 heteroatoms. The summed E-state index contributed by atoms with van der Waals surface area (Å²) in [5.74, 6) is 2.01. The van der Waals surface area contributed by atoms with E-state index in [2.05, 4.69) is 20.4 Å². The standard InChI is InChI=1S/C22H26N4O4/c1-4-29-17-11-9-16(10-12-17)14-26(2)15-22-24-20(25-30-22)13-21(27)23-18-7-5-6-8-19(18)28-3/h5-12H,4,13-15H2,1-3H3,(H,23,27). The lowest BCUT2D eigenvalue weighted by molar-refractivity contribution is -0.115. The van der Waals surface area contributed by atoms with Crippen LogP contribution in [0.4, 0.5) is 5.69 Å². The largest absolute Gasteiger partial charge is 0.495 e. The van der Waals surface area contributed by atoms with Gasteiger partial charge in [0.05, 0.1) is 32.4 Å². The van der Waals surface area contributed by atoms with Gasteiger partial charge < -0.3 is 19.3 Å². The van der Waals surface area contributed by atoms with Crippen molar-refractivity contribution in [3.8, 4) is 11.5 Å². The number of amides is 1. The van der Waals surface area contributed by atoms with Gasteiger partial charge in [0.25, 0.3) is 0 Å². The van der Waals surface area contributed by atoms with Crippen molar-refractivity contribution in [3.63, 3.8) is 0 Å². The third-order valence-corrected chi connectivity index (χ3v) is 4.30. The Bertz CT molecular complexity index is 956. The van der Waals surface area contributed by atoms with Crippen LogP contribution in [0.25, 0.3) is 0 Å². The number of nitrogens with one attached hydrogen (secondary N) is 1. The minimum Gasteiger partial charge on any atom is -0.495 e. The van der Waals surface area contributed by atoms with Gasteiger partial charge >= 0.3 is 0 Å². The summed E-state index contributed by atoms with van der Waals surface area (Å²) in [6.07, 6.45) is 0.0180. The molecule has 0 saturated heterocycles. The number of benzene rings is 2. The summed E-state index contributed by atoms with van der Waals surface area (Å²) in [4.78, 5) is 18.7. The molecule has 3 rings (SSSR count). The van der Waals surface area contributed by atoms with Crippen molar-refractivity contribution in [1.82, 2.24) is 15.0 Å². The van der Waals surface area contributed by atoms with Gasteiger partial charge in [-0.3, -0.25) is 9.69 Å². The second kappa shape index (κ2) is 10.4. The Labute approximate surface area is 175 Å². The van der Waals surface area contributed by atoms with Crippen molar-refractivity contribution in [1.29, 1.82) is 0 Å². The number of hydrogen-bond acceptors (Lipinski definition) is 7. The number of methoxy groups -OCH3 is 1. The van der Waals surface area contributed by atoms with Crippen LogP contribution in [0.5, 0.6) is 11.5 Å². The molecule has 0 fully saturated rings. The number of nitrogens with zero attached hydrogens (tertiary/aromatic N) is 3. The molecule has 0 saturated carbocycles. The number of carbonyl (C=O) groups excluding carboxylic acids is 1. The second-order valence-corrected chi connectivity index (χ2v) is 6.78. The van der Waals surface area contributed by atoms with E-state index in [1.54, 1.807) is 19.2 Å². The fraction of sp³-hybridized carbons (Fsp3) is 0.318. The average Bonchev–Trinajstić information content (AvgIpc) is 3.16. The van der Waals surface area contributed by atoms with Crippen molar-refractivity contribution in [2.45, 2.75) is 26.4 Å². The van der Waals surface area contributed by atoms with Gasteiger partial charge in [-0.05, 0) is 43.8 Å². The highest BCUT2D eigenvalue weighted by Crippen LogP contribution is 2.23. The Hall–Kier alpha value is -3.39. The summed E-state index contributed by atoms with van der Waals surface area (Å²) in [5.41, 5.74) is 1.75. The van der Waals surface area contributed by atoms with Gasteiger partial charge in [-0.1, -0.05) is 29.4 Å². The first-order chi connectivity index (χ1) is 14.6. The van der Waals surface area contributed by atoms with Crippen molar-refractivity contribution in [2.24, 2.45) is 0 Å². The van der Waals surface area contributed by atoms with Crippen molar-refractivity contribution >= 4 is 11.6 Å². The van der Waals surface area contributed by atoms with E-state index >= 15 is 0 Å². The molecular formula is C22H26N4O4. The first-order valence-electron chi connectivity index (χ1n) is 9.72. The second-order valence-electron chi connectivity index (χ2n) is 6.78. The van der Waals surface area contributed by atoms with Crippen LogP contribution < -0.4 is 14.8 Å². The summed E-state index contributed by atoms with van der Waals surface area (Å²) in [5, 5.41) is 6.71. The topological polar surface area (TPSA) is 89.7 Å². The van der Waals surface area contributed by atoms with Gasteiger partial charge in [0.1, 0.15) is 11.5 Å². The zero-order valence-corrected chi connectivity index (χ0v) is 17.4. The van der Waals surface area contributed by atoms with Crippen LogP contribution in [0.3, 0.4) is 0 Å². The van der Waals surface area contributed by atoms with Gasteiger partial charge in [-0.15, -0.1) is 0 Å². The maximum absolute atomic E-state index is 12.3. The molecule has 1 amide bonds. The van der Waals surface area contributed by atoms with Crippen molar-refractivity contribution < 1.29 is 18.8 Å². The van der Waals surface area contributed by atoms with Gasteiger partial charge in [-0.25, -0.2) is 0 Å². The van der Waals surface area contributed by atoms with Gasteiger partial charge in [0.2, 0.25) is 11.8 Å². The Morgan fingerprint density at radius 3 is 2.63 bits per heavy atom. The fourth-order valence-corrected chi connectivity index (χ4v) is 2.97. The maximum atomic E-state index is 12.3. The van der Waals surface area contributed by atoms with Gasteiger partial charge in [0.15, 0.2) is 5.82 Å². The Balaban J connectivity index is 1.51. The maximum Gasteiger partial charge on any atom is 0.240 e. The summed E-state index contributed by atoms with van der Waals surface area (Å²) < 4.78 is 16.0. The van der Waals surface area contributed by atoms with E-state index in [4.69, 9.17) is 14.0 Å². The first-order valence-corrected chi connectivity index (χ1v) is 9.72. The number of carbonyl (C=O) groups is 1. The Morgan fingerprint density at radius 2 is 1.90 bits per heavy atom. The molecule has 0 atom stereocenters. The van der Waals surface area contributed by atoms with Crippen LogP contribution in [-0.2, 0) is 24.3 Å². The van der Waals surface area contributed by atoms with Crippen LogP contribution in [0.1, 0.15) is 24.2 Å². The van der Waals surface area contributed by atoms with E-state index in [0.717, 1.165) is 17.9 Å². The Kier molecular flexibility index (Phi) is 7.40. The highest BCUT2D eigenvalue weighted by atomic mass is 16.5. The predicted octanol–water partition coefficient (Wildman–Crippen LogP) is 3.29. The third kappa shape index (κ3) is 6.05. The predicted molar refractivity (Wildman–Crippen MR) is 112 cm³/mol. The molecule has 0 aliphatic carbocycles. The van der Waals surface area contributed by atoms with Crippen LogP contribution in [0.15, 0.2) is 53.1 Å². The van der Waals surface area contributed by atoms with E-state index in [-0.39, 0.29) is 12.3 Å². The highest BCUT2D eigenvalue weighted by molar-refractivity contribution is 5.93. The molecule has 0 unspecified atom stereocenters. The Morgan fingerprint density at radius 1 is 1.13 bits per heavy atom. The lowest BCUT2D eigenvalue weighted by Crippen LogP contribution is -2.18. The molecular weight excluding hydrogens is 384 g/mol. The summed E-state index contributed by atoms with van der Waals surface area (Å²) >= 11 is 0. The van der Waals surface area contributed by atoms with E-state index in [1.807, 2.05) is 50.4 Å². The zero-order chi connectivity index (χ0) is 21.3. The lowest BCUT2D eigenvalue weighted by Gasteiger charge is -2.14. The summed E-state index contributed by atoms with van der Waals surface area (Å²) in [6.45, 7) is 3.81. The molecule has 8 nitrogen and oxygen atoms in total. The number of aromatic nitrogens is 2. The van der Waals surface area contributed by atoms with Crippen molar-refractivity contribution in [3.05, 3.63) is 65.8 Å². The smallest absolute Gasteiger partial charge is 0.240 e. The molecule has 0 aliphatic heterocycles.